The average Bonchev–Trinajstić information content (AvgIpc) is 2.85. The summed E-state index contributed by atoms with van der Waals surface area (Å²) in [5, 5.41) is 2.90. The molecule has 0 spiro atoms. The van der Waals surface area contributed by atoms with Gasteiger partial charge in [0.1, 0.15) is 0 Å². The molecule has 6 heteroatoms. The molecule has 0 bridgehead atoms. The average molecular weight is 273 g/mol. The van der Waals surface area contributed by atoms with Crippen molar-refractivity contribution < 1.29 is 4.79 Å². The summed E-state index contributed by atoms with van der Waals surface area (Å²) in [7, 11) is 0. The molecule has 0 atom stereocenters. The van der Waals surface area contributed by atoms with E-state index in [4.69, 9.17) is 11.6 Å². The normalized spacial score (nSPS) is 10.6. The molecule has 3 aromatic rings. The van der Waals surface area contributed by atoms with E-state index in [-0.39, 0.29) is 16.9 Å². The Bertz CT molecular complexity index is 720. The van der Waals surface area contributed by atoms with Gasteiger partial charge in [0.05, 0.1) is 16.7 Å². The topological polar surface area (TPSA) is 70.7 Å². The van der Waals surface area contributed by atoms with Crippen LogP contribution in [0.4, 0.5) is 5.69 Å². The summed E-state index contributed by atoms with van der Waals surface area (Å²) in [6.45, 7) is 0. The monoisotopic (exact) mass is 272 g/mol. The fraction of sp³-hybridized carbons (Fsp3) is 0. The van der Waals surface area contributed by atoms with Crippen LogP contribution in [0.3, 0.4) is 0 Å². The summed E-state index contributed by atoms with van der Waals surface area (Å²) in [5.74, 6) is -0.118. The van der Waals surface area contributed by atoms with Crippen molar-refractivity contribution in [3.05, 3.63) is 53.6 Å². The van der Waals surface area contributed by atoms with Gasteiger partial charge in [-0.3, -0.25) is 4.79 Å². The zero-order chi connectivity index (χ0) is 13.2. The van der Waals surface area contributed by atoms with Crippen LogP contribution < -0.4 is 5.32 Å². The highest BCUT2D eigenvalue weighted by Crippen LogP contribution is 2.18. The number of pyridine rings is 1. The van der Waals surface area contributed by atoms with Gasteiger partial charge in [-0.1, -0.05) is 23.7 Å². The third-order valence-corrected chi connectivity index (χ3v) is 2.91. The fourth-order valence-electron chi connectivity index (χ4n) is 1.72. The van der Waals surface area contributed by atoms with Crippen molar-refractivity contribution in [2.45, 2.75) is 0 Å². The predicted molar refractivity (Wildman–Crippen MR) is 73.3 cm³/mol. The Labute approximate surface area is 113 Å². The van der Waals surface area contributed by atoms with Gasteiger partial charge in [-0.05, 0) is 24.3 Å². The van der Waals surface area contributed by atoms with Gasteiger partial charge in [-0.15, -0.1) is 0 Å². The number of carbonyl (C=O) groups excluding carboxylic acids is 1. The number of H-pyrrole nitrogens is 1. The minimum Gasteiger partial charge on any atom is -0.334 e. The van der Waals surface area contributed by atoms with Crippen LogP contribution in [0.15, 0.2) is 42.6 Å². The minimum absolute atomic E-state index is 0.237. The van der Waals surface area contributed by atoms with E-state index in [0.717, 1.165) is 11.0 Å². The molecule has 5 nitrogen and oxygen atoms in total. The molecule has 2 N–H and O–H groups in total. The van der Waals surface area contributed by atoms with E-state index < -0.39 is 0 Å². The number of rotatable bonds is 2. The summed E-state index contributed by atoms with van der Waals surface area (Å²) >= 11 is 5.88. The van der Waals surface area contributed by atoms with E-state index in [1.165, 1.54) is 0 Å². The first-order valence-electron chi connectivity index (χ1n) is 5.60. The van der Waals surface area contributed by atoms with Gasteiger partial charge in [0.25, 0.3) is 5.91 Å². The van der Waals surface area contributed by atoms with Gasteiger partial charge >= 0.3 is 0 Å². The van der Waals surface area contributed by atoms with Gasteiger partial charge < -0.3 is 10.3 Å². The number of para-hydroxylation sites is 2. The SMILES string of the molecule is O=C(Nc1cccnc1Cl)c1nc2ccccc2[nH]1. The number of carbonyl (C=O) groups is 1. The summed E-state index contributed by atoms with van der Waals surface area (Å²) in [6.07, 6.45) is 1.55. The Morgan fingerprint density at radius 1 is 1.21 bits per heavy atom. The second kappa shape index (κ2) is 4.70. The fourth-order valence-corrected chi connectivity index (χ4v) is 1.89. The van der Waals surface area contributed by atoms with Crippen LogP contribution in [0.25, 0.3) is 11.0 Å². The number of anilines is 1. The van der Waals surface area contributed by atoms with Crippen LogP contribution in [-0.4, -0.2) is 20.9 Å². The molecular weight excluding hydrogens is 264 g/mol. The molecule has 0 saturated carbocycles. The minimum atomic E-state index is -0.355. The Hall–Kier alpha value is -2.40. The maximum atomic E-state index is 12.0. The number of nitrogens with one attached hydrogen (secondary N) is 2. The number of aromatic amines is 1. The van der Waals surface area contributed by atoms with Crippen molar-refractivity contribution in [3.8, 4) is 0 Å². The van der Waals surface area contributed by atoms with Crippen LogP contribution in [0.5, 0.6) is 0 Å². The molecule has 2 aromatic heterocycles. The maximum Gasteiger partial charge on any atom is 0.291 e. The van der Waals surface area contributed by atoms with Gasteiger partial charge in [0, 0.05) is 6.20 Å². The summed E-state index contributed by atoms with van der Waals surface area (Å²) in [5.41, 5.74) is 2.00. The molecule has 19 heavy (non-hydrogen) atoms. The second-order valence-corrected chi connectivity index (χ2v) is 4.26. The number of hydrogen-bond acceptors (Lipinski definition) is 3. The van der Waals surface area contributed by atoms with Crippen LogP contribution in [0.1, 0.15) is 10.6 Å². The molecule has 0 aliphatic rings. The number of benzene rings is 1. The van der Waals surface area contributed by atoms with Crippen molar-refractivity contribution in [2.75, 3.05) is 5.32 Å². The van der Waals surface area contributed by atoms with E-state index in [2.05, 4.69) is 20.3 Å². The molecule has 94 valence electrons. The van der Waals surface area contributed by atoms with E-state index >= 15 is 0 Å². The van der Waals surface area contributed by atoms with Crippen LogP contribution in [0, 0.1) is 0 Å². The highest BCUT2D eigenvalue weighted by molar-refractivity contribution is 6.32. The molecule has 2 heterocycles. The Balaban J connectivity index is 1.90. The van der Waals surface area contributed by atoms with Gasteiger partial charge in [-0.25, -0.2) is 9.97 Å². The molecule has 3 rings (SSSR count). The molecule has 0 aliphatic heterocycles. The van der Waals surface area contributed by atoms with Crippen molar-refractivity contribution in [2.24, 2.45) is 0 Å². The lowest BCUT2D eigenvalue weighted by Gasteiger charge is -2.03. The van der Waals surface area contributed by atoms with Gasteiger partial charge in [0.15, 0.2) is 11.0 Å². The maximum absolute atomic E-state index is 12.0. The molecule has 0 unspecified atom stereocenters. The Morgan fingerprint density at radius 2 is 2.05 bits per heavy atom. The van der Waals surface area contributed by atoms with E-state index in [9.17, 15) is 4.79 Å². The number of fused-ring (bicyclic) bond motifs is 1. The van der Waals surface area contributed by atoms with Crippen LogP contribution >= 0.6 is 11.6 Å². The molecule has 0 radical (unpaired) electrons. The highest BCUT2D eigenvalue weighted by Gasteiger charge is 2.12. The van der Waals surface area contributed by atoms with E-state index in [0.29, 0.717) is 5.69 Å². The molecule has 0 saturated heterocycles. The third kappa shape index (κ3) is 2.28. The number of amides is 1. The smallest absolute Gasteiger partial charge is 0.291 e. The lowest BCUT2D eigenvalue weighted by Crippen LogP contribution is -2.14. The standard InChI is InChI=1S/C13H9ClN4O/c14-11-10(6-3-7-15-11)18-13(19)12-16-8-4-1-2-5-9(8)17-12/h1-7H,(H,16,17)(H,18,19). The predicted octanol–water partition coefficient (Wildman–Crippen LogP) is 2.86. The van der Waals surface area contributed by atoms with Gasteiger partial charge in [-0.2, -0.15) is 0 Å². The van der Waals surface area contributed by atoms with Crippen molar-refractivity contribution in [1.29, 1.82) is 0 Å². The summed E-state index contributed by atoms with van der Waals surface area (Å²) < 4.78 is 0. The van der Waals surface area contributed by atoms with Crippen molar-refractivity contribution in [1.82, 2.24) is 15.0 Å². The zero-order valence-electron chi connectivity index (χ0n) is 9.72. The molecule has 1 aromatic carbocycles. The molecule has 1 amide bonds. The molecule has 0 fully saturated rings. The van der Waals surface area contributed by atoms with Gasteiger partial charge in [0.2, 0.25) is 0 Å². The first-order valence-corrected chi connectivity index (χ1v) is 5.98. The Morgan fingerprint density at radius 3 is 2.84 bits per heavy atom. The number of nitrogens with zero attached hydrogens (tertiary/aromatic N) is 2. The highest BCUT2D eigenvalue weighted by atomic mass is 35.5. The van der Waals surface area contributed by atoms with Crippen molar-refractivity contribution >= 4 is 34.2 Å². The lowest BCUT2D eigenvalue weighted by molar-refractivity contribution is 0.101. The number of halogens is 1. The van der Waals surface area contributed by atoms with Crippen LogP contribution in [0.2, 0.25) is 5.15 Å². The second-order valence-electron chi connectivity index (χ2n) is 3.90. The molecule has 0 aliphatic carbocycles. The quantitative estimate of drug-likeness (QED) is 0.705. The van der Waals surface area contributed by atoms with E-state index in [1.807, 2.05) is 24.3 Å². The first-order chi connectivity index (χ1) is 9.24. The summed E-state index contributed by atoms with van der Waals surface area (Å²) in [4.78, 5) is 23.1. The lowest BCUT2D eigenvalue weighted by atomic mass is 10.3. The zero-order valence-corrected chi connectivity index (χ0v) is 10.5. The number of hydrogen-bond donors (Lipinski definition) is 2. The third-order valence-electron chi connectivity index (χ3n) is 2.61. The largest absolute Gasteiger partial charge is 0.334 e. The van der Waals surface area contributed by atoms with E-state index in [1.54, 1.807) is 18.3 Å². The first kappa shape index (κ1) is 11.7. The Kier molecular flexibility index (Phi) is 2.89. The molecular formula is C13H9ClN4O. The number of aromatic nitrogens is 3. The van der Waals surface area contributed by atoms with Crippen molar-refractivity contribution in [3.63, 3.8) is 0 Å². The summed E-state index contributed by atoms with van der Waals surface area (Å²) in [6, 6.07) is 10.8. The number of imidazole rings is 1. The van der Waals surface area contributed by atoms with Crippen LogP contribution in [-0.2, 0) is 0 Å².